The average molecular weight is 330 g/mol. The predicted molar refractivity (Wildman–Crippen MR) is 90.7 cm³/mol. The van der Waals surface area contributed by atoms with E-state index in [-0.39, 0.29) is 11.9 Å². The fraction of sp³-hybridized carbons (Fsp3) is 0.722. The van der Waals surface area contributed by atoms with Crippen molar-refractivity contribution in [2.45, 2.75) is 50.5 Å². The summed E-state index contributed by atoms with van der Waals surface area (Å²) in [5, 5.41) is 12.0. The maximum absolute atomic E-state index is 11.6. The quantitative estimate of drug-likeness (QED) is 0.854. The van der Waals surface area contributed by atoms with Crippen molar-refractivity contribution in [3.05, 3.63) is 18.0 Å². The Labute approximate surface area is 142 Å². The van der Waals surface area contributed by atoms with Gasteiger partial charge in [-0.05, 0) is 37.7 Å². The first-order chi connectivity index (χ1) is 11.7. The minimum atomic E-state index is -0.443. The van der Waals surface area contributed by atoms with Gasteiger partial charge in [0.2, 0.25) is 11.9 Å². The van der Waals surface area contributed by atoms with E-state index in [0.717, 1.165) is 19.0 Å². The zero-order valence-corrected chi connectivity index (χ0v) is 14.0. The van der Waals surface area contributed by atoms with Crippen LogP contribution < -0.4 is 10.2 Å². The molecular weight excluding hydrogens is 304 g/mol. The smallest absolute Gasteiger partial charge is 0.245 e. The summed E-state index contributed by atoms with van der Waals surface area (Å²) >= 11 is 0. The molecule has 1 aliphatic heterocycles. The van der Waals surface area contributed by atoms with E-state index in [9.17, 15) is 4.79 Å². The molecule has 24 heavy (non-hydrogen) atoms. The summed E-state index contributed by atoms with van der Waals surface area (Å²) in [7, 11) is 0. The maximum Gasteiger partial charge on any atom is 0.245 e. The Morgan fingerprint density at radius 1 is 1.25 bits per heavy atom. The van der Waals surface area contributed by atoms with Crippen molar-refractivity contribution in [2.24, 2.45) is 11.8 Å². The minimum Gasteiger partial charge on any atom is -0.387 e. The first-order valence-electron chi connectivity index (χ1n) is 9.22. The lowest BCUT2D eigenvalue weighted by Crippen LogP contribution is -2.42. The van der Waals surface area contributed by atoms with Crippen LogP contribution in [0.15, 0.2) is 12.3 Å². The number of nitrogens with one attached hydrogen (secondary N) is 1. The second-order valence-corrected chi connectivity index (χ2v) is 7.50. The van der Waals surface area contributed by atoms with E-state index in [4.69, 9.17) is 10.1 Å². The highest BCUT2D eigenvalue weighted by Gasteiger charge is 2.43. The van der Waals surface area contributed by atoms with E-state index in [2.05, 4.69) is 21.3 Å². The maximum atomic E-state index is 11.6. The molecule has 3 aliphatic rings. The van der Waals surface area contributed by atoms with E-state index in [0.29, 0.717) is 17.8 Å². The number of aromatic nitrogens is 2. The molecule has 2 unspecified atom stereocenters. The van der Waals surface area contributed by atoms with Crippen LogP contribution in [0.3, 0.4) is 0 Å². The number of nitrogens with zero attached hydrogens (tertiary/aromatic N) is 3. The first kappa shape index (κ1) is 15.8. The van der Waals surface area contributed by atoms with E-state index < -0.39 is 6.61 Å². The van der Waals surface area contributed by atoms with Gasteiger partial charge < -0.3 is 15.3 Å². The normalized spacial score (nSPS) is 27.6. The Morgan fingerprint density at radius 3 is 2.75 bits per heavy atom. The first-order valence-corrected chi connectivity index (χ1v) is 9.22. The fourth-order valence-corrected chi connectivity index (χ4v) is 4.36. The number of aliphatic hydroxyl groups is 1. The van der Waals surface area contributed by atoms with Crippen LogP contribution in [0.25, 0.3) is 0 Å². The molecule has 4 rings (SSSR count). The molecule has 0 aromatic carbocycles. The molecule has 1 amide bonds. The summed E-state index contributed by atoms with van der Waals surface area (Å²) in [6, 6.07) is 2.15. The number of hydrogen-bond acceptors (Lipinski definition) is 5. The number of carbonyl (C=O) groups excluding carboxylic acids is 1. The van der Waals surface area contributed by atoms with E-state index in [1.165, 1.54) is 44.2 Å². The van der Waals surface area contributed by atoms with Crippen molar-refractivity contribution in [3.8, 4) is 0 Å². The molecule has 1 aromatic rings. The van der Waals surface area contributed by atoms with E-state index in [1.807, 2.05) is 6.20 Å². The van der Waals surface area contributed by atoms with Gasteiger partial charge in [0.05, 0.1) is 6.04 Å². The monoisotopic (exact) mass is 330 g/mol. The fourth-order valence-electron chi connectivity index (χ4n) is 4.36. The minimum absolute atomic E-state index is 0.0934. The van der Waals surface area contributed by atoms with E-state index in [1.54, 1.807) is 0 Å². The number of anilines is 1. The van der Waals surface area contributed by atoms with Crippen LogP contribution in [0, 0.1) is 11.8 Å². The lowest BCUT2D eigenvalue weighted by atomic mass is 9.98. The molecule has 6 heteroatoms. The third-order valence-electron chi connectivity index (χ3n) is 5.80. The van der Waals surface area contributed by atoms with Gasteiger partial charge in [0.1, 0.15) is 6.61 Å². The summed E-state index contributed by atoms with van der Waals surface area (Å²) < 4.78 is 0. The number of amides is 1. The third kappa shape index (κ3) is 3.24. The molecule has 2 N–H and O–H groups in total. The highest BCUT2D eigenvalue weighted by Crippen LogP contribution is 2.42. The average Bonchev–Trinajstić information content (AvgIpc) is 3.14. The van der Waals surface area contributed by atoms with Gasteiger partial charge in [-0.15, -0.1) is 0 Å². The van der Waals surface area contributed by atoms with Crippen molar-refractivity contribution < 1.29 is 9.90 Å². The topological polar surface area (TPSA) is 78.4 Å². The number of aliphatic hydroxyl groups excluding tert-OH is 1. The lowest BCUT2D eigenvalue weighted by molar-refractivity contribution is -0.124. The molecule has 0 spiro atoms. The van der Waals surface area contributed by atoms with Crippen LogP contribution >= 0.6 is 0 Å². The molecular formula is C18H26N4O2. The Morgan fingerprint density at radius 2 is 2.04 bits per heavy atom. The van der Waals surface area contributed by atoms with Crippen LogP contribution in [-0.2, 0) is 4.79 Å². The molecule has 6 nitrogen and oxygen atoms in total. The Bertz CT molecular complexity index is 598. The highest BCUT2D eigenvalue weighted by molar-refractivity contribution is 5.77. The van der Waals surface area contributed by atoms with Crippen LogP contribution in [0.5, 0.6) is 0 Å². The van der Waals surface area contributed by atoms with Gasteiger partial charge in [-0.25, -0.2) is 9.97 Å². The SMILES string of the molecule is O=C(CO)NC1CN(c2nccc(C3CCCC3)n2)CC1C1CC1. The summed E-state index contributed by atoms with van der Waals surface area (Å²) in [5.74, 6) is 2.23. The van der Waals surface area contributed by atoms with Crippen molar-refractivity contribution in [1.29, 1.82) is 0 Å². The summed E-state index contributed by atoms with van der Waals surface area (Å²) in [6.45, 7) is 1.19. The van der Waals surface area contributed by atoms with Crippen molar-refractivity contribution >= 4 is 11.9 Å². The lowest BCUT2D eigenvalue weighted by Gasteiger charge is -2.18. The predicted octanol–water partition coefficient (Wildman–Crippen LogP) is 1.46. The van der Waals surface area contributed by atoms with Crippen molar-refractivity contribution in [3.63, 3.8) is 0 Å². The zero-order chi connectivity index (χ0) is 16.5. The molecule has 1 aromatic heterocycles. The summed E-state index contributed by atoms with van der Waals surface area (Å²) in [5.41, 5.74) is 1.17. The largest absolute Gasteiger partial charge is 0.387 e. The van der Waals surface area contributed by atoms with Gasteiger partial charge in [0.25, 0.3) is 0 Å². The van der Waals surface area contributed by atoms with Gasteiger partial charge in [-0.2, -0.15) is 0 Å². The standard InChI is InChI=1S/C18H26N4O2/c23-11-17(24)20-16-10-22(9-14(16)12-5-6-12)18-19-8-7-15(21-18)13-3-1-2-4-13/h7-8,12-14,16,23H,1-6,9-11H2,(H,20,24). The van der Waals surface area contributed by atoms with E-state index >= 15 is 0 Å². The van der Waals surface area contributed by atoms with Gasteiger partial charge >= 0.3 is 0 Å². The molecule has 1 saturated heterocycles. The molecule has 130 valence electrons. The molecule has 0 radical (unpaired) electrons. The van der Waals surface area contributed by atoms with Crippen LogP contribution in [0.2, 0.25) is 0 Å². The molecule has 0 bridgehead atoms. The summed E-state index contributed by atoms with van der Waals surface area (Å²) in [6.07, 6.45) is 9.42. The van der Waals surface area contributed by atoms with Crippen molar-refractivity contribution in [2.75, 3.05) is 24.6 Å². The van der Waals surface area contributed by atoms with Crippen molar-refractivity contribution in [1.82, 2.24) is 15.3 Å². The Kier molecular flexibility index (Phi) is 4.39. The highest BCUT2D eigenvalue weighted by atomic mass is 16.3. The van der Waals surface area contributed by atoms with Gasteiger partial charge in [-0.1, -0.05) is 12.8 Å². The van der Waals surface area contributed by atoms with Gasteiger partial charge in [0.15, 0.2) is 0 Å². The van der Waals surface area contributed by atoms with Crippen LogP contribution in [0.4, 0.5) is 5.95 Å². The Hall–Kier alpha value is -1.69. The number of carbonyl (C=O) groups is 1. The molecule has 2 atom stereocenters. The molecule has 2 aliphatic carbocycles. The van der Waals surface area contributed by atoms with Crippen LogP contribution in [-0.4, -0.2) is 46.7 Å². The number of rotatable bonds is 5. The molecule has 2 saturated carbocycles. The van der Waals surface area contributed by atoms with Gasteiger partial charge in [-0.3, -0.25) is 4.79 Å². The second-order valence-electron chi connectivity index (χ2n) is 7.50. The second kappa shape index (κ2) is 6.67. The molecule has 3 fully saturated rings. The van der Waals surface area contributed by atoms with Crippen LogP contribution in [0.1, 0.15) is 50.1 Å². The van der Waals surface area contributed by atoms with Gasteiger partial charge in [0, 0.05) is 36.8 Å². The zero-order valence-electron chi connectivity index (χ0n) is 14.0. The number of hydrogen-bond donors (Lipinski definition) is 2. The summed E-state index contributed by atoms with van der Waals surface area (Å²) in [4.78, 5) is 23.2. The molecule has 2 heterocycles. The Balaban J connectivity index is 1.49. The third-order valence-corrected chi connectivity index (χ3v) is 5.80.